The van der Waals surface area contributed by atoms with Gasteiger partial charge in [0.1, 0.15) is 0 Å². The Bertz CT molecular complexity index is 3440. The summed E-state index contributed by atoms with van der Waals surface area (Å²) in [4.78, 5) is 2.43. The third-order valence-electron chi connectivity index (χ3n) is 13.6. The molecule has 11 aromatic rings. The Hall–Kier alpha value is -8.52. The van der Waals surface area contributed by atoms with E-state index in [4.69, 9.17) is 0 Å². The van der Waals surface area contributed by atoms with Crippen LogP contribution in [-0.4, -0.2) is 0 Å². The van der Waals surface area contributed by atoms with Crippen LogP contribution in [-0.2, 0) is 5.41 Å². The molecule has 0 bridgehead atoms. The van der Waals surface area contributed by atoms with Crippen LogP contribution in [0.1, 0.15) is 22.3 Å². The molecule has 0 atom stereocenters. The maximum atomic E-state index is 2.43. The number of para-hydroxylation sites is 1. The Morgan fingerprint density at radius 1 is 0.258 bits per heavy atom. The Labute approximate surface area is 387 Å². The maximum absolute atomic E-state index is 2.43. The predicted octanol–water partition coefficient (Wildman–Crippen LogP) is 17.3. The normalized spacial score (nSPS) is 12.4. The number of hydrogen-bond donors (Lipinski definition) is 0. The van der Waals surface area contributed by atoms with Crippen LogP contribution in [0.4, 0.5) is 17.1 Å². The Balaban J connectivity index is 1.02. The molecule has 0 saturated heterocycles. The van der Waals surface area contributed by atoms with Gasteiger partial charge in [-0.05, 0) is 119 Å². The lowest BCUT2D eigenvalue weighted by atomic mass is 9.67. The van der Waals surface area contributed by atoms with Gasteiger partial charge in [-0.2, -0.15) is 0 Å². The molecule has 0 fully saturated rings. The van der Waals surface area contributed by atoms with Gasteiger partial charge in [-0.25, -0.2) is 0 Å². The number of nitrogens with zero attached hydrogens (tertiary/aromatic N) is 1. The van der Waals surface area contributed by atoms with Crippen LogP contribution >= 0.6 is 0 Å². The first-order chi connectivity index (χ1) is 32.7. The Morgan fingerprint density at radius 3 is 1.30 bits per heavy atom. The first kappa shape index (κ1) is 39.1. The highest BCUT2D eigenvalue weighted by Gasteiger charge is 2.46. The highest BCUT2D eigenvalue weighted by molar-refractivity contribution is 6.00. The van der Waals surface area contributed by atoms with Gasteiger partial charge >= 0.3 is 0 Å². The topological polar surface area (TPSA) is 3.24 Å². The molecule has 0 unspecified atom stereocenters. The second-order valence-corrected chi connectivity index (χ2v) is 17.2. The second kappa shape index (κ2) is 16.6. The number of anilines is 3. The van der Waals surface area contributed by atoms with Crippen LogP contribution in [0, 0.1) is 0 Å². The molecule has 0 N–H and O–H groups in total. The smallest absolute Gasteiger partial charge is 0.0713 e. The van der Waals surface area contributed by atoms with Crippen molar-refractivity contribution < 1.29 is 0 Å². The predicted molar refractivity (Wildman–Crippen MR) is 278 cm³/mol. The van der Waals surface area contributed by atoms with E-state index in [9.17, 15) is 0 Å². The van der Waals surface area contributed by atoms with Crippen molar-refractivity contribution in [3.63, 3.8) is 0 Å². The summed E-state index contributed by atoms with van der Waals surface area (Å²) in [5, 5.41) is 2.49. The first-order valence-corrected chi connectivity index (χ1v) is 22.8. The average molecular weight is 840 g/mol. The van der Waals surface area contributed by atoms with Gasteiger partial charge in [-0.3, -0.25) is 0 Å². The molecule has 11 aromatic carbocycles. The molecule has 1 aliphatic carbocycles. The third-order valence-corrected chi connectivity index (χ3v) is 13.6. The van der Waals surface area contributed by atoms with Crippen LogP contribution < -0.4 is 4.90 Å². The Morgan fingerprint density at radius 2 is 0.682 bits per heavy atom. The van der Waals surface area contributed by atoms with E-state index in [0.29, 0.717) is 0 Å². The van der Waals surface area contributed by atoms with E-state index in [1.165, 1.54) is 88.7 Å². The van der Waals surface area contributed by atoms with Crippen molar-refractivity contribution >= 4 is 27.8 Å². The van der Waals surface area contributed by atoms with Crippen molar-refractivity contribution in [1.82, 2.24) is 0 Å². The molecule has 1 aliphatic rings. The van der Waals surface area contributed by atoms with Crippen molar-refractivity contribution in [2.24, 2.45) is 0 Å². The number of benzene rings is 11. The zero-order valence-corrected chi connectivity index (χ0v) is 36.4. The lowest BCUT2D eigenvalue weighted by Crippen LogP contribution is -2.28. The summed E-state index contributed by atoms with van der Waals surface area (Å²) in [5.41, 5.74) is 20.0. The highest BCUT2D eigenvalue weighted by atomic mass is 15.1. The van der Waals surface area contributed by atoms with Gasteiger partial charge in [-0.15, -0.1) is 0 Å². The van der Waals surface area contributed by atoms with Crippen molar-refractivity contribution in [3.05, 3.63) is 295 Å². The summed E-state index contributed by atoms with van der Waals surface area (Å²) in [5.74, 6) is 0. The lowest BCUT2D eigenvalue weighted by Gasteiger charge is -2.34. The van der Waals surface area contributed by atoms with E-state index < -0.39 is 5.41 Å². The molecule has 0 amide bonds. The molecule has 1 heteroatoms. The standard InChI is InChI=1S/C65H45N/c1-4-17-46(18-5-1)48-31-33-49(34-32-48)50-37-41-56(42-38-50)66(57-43-39-51(40-44-57)53-36-35-47-19-10-11-20-52(47)45-53)63-30-15-13-25-58(63)59-27-16-29-62-64(59)60-26-12-14-28-61(60)65(62,54-21-6-2-7-22-54)55-23-8-3-9-24-55/h1-45H. The molecule has 0 spiro atoms. The van der Waals surface area contributed by atoms with E-state index in [2.05, 4.69) is 278 Å². The molecule has 0 saturated carbocycles. The fourth-order valence-corrected chi connectivity index (χ4v) is 10.5. The van der Waals surface area contributed by atoms with Crippen LogP contribution in [0.5, 0.6) is 0 Å². The molecule has 66 heavy (non-hydrogen) atoms. The molecule has 0 aromatic heterocycles. The molecule has 0 aliphatic heterocycles. The van der Waals surface area contributed by atoms with Crippen molar-refractivity contribution in [1.29, 1.82) is 0 Å². The molecular weight excluding hydrogens is 795 g/mol. The van der Waals surface area contributed by atoms with Gasteiger partial charge in [0, 0.05) is 16.9 Å². The largest absolute Gasteiger partial charge is 0.310 e. The number of rotatable bonds is 9. The third kappa shape index (κ3) is 6.64. The number of hydrogen-bond acceptors (Lipinski definition) is 1. The number of fused-ring (bicyclic) bond motifs is 4. The quantitative estimate of drug-likeness (QED) is 0.140. The van der Waals surface area contributed by atoms with E-state index in [1.807, 2.05) is 0 Å². The minimum atomic E-state index is -0.493. The van der Waals surface area contributed by atoms with Gasteiger partial charge < -0.3 is 4.90 Å². The summed E-state index contributed by atoms with van der Waals surface area (Å²) < 4.78 is 0. The SMILES string of the molecule is c1ccc(-c2ccc(-c3ccc(N(c4ccc(-c5ccc6ccccc6c5)cc4)c4ccccc4-c4cccc5c4-c4ccccc4C5(c4ccccc4)c4ccccc4)cc3)cc2)cc1. The van der Waals surface area contributed by atoms with E-state index >= 15 is 0 Å². The van der Waals surface area contributed by atoms with Crippen LogP contribution in [0.15, 0.2) is 273 Å². The van der Waals surface area contributed by atoms with E-state index in [-0.39, 0.29) is 0 Å². The van der Waals surface area contributed by atoms with Crippen molar-refractivity contribution in [2.75, 3.05) is 4.90 Å². The zero-order valence-electron chi connectivity index (χ0n) is 36.4. The van der Waals surface area contributed by atoms with Gasteiger partial charge in [0.05, 0.1) is 11.1 Å². The molecular formula is C65H45N. The summed E-state index contributed by atoms with van der Waals surface area (Å²) in [6, 6.07) is 100. The first-order valence-electron chi connectivity index (χ1n) is 22.8. The average Bonchev–Trinajstić information content (AvgIpc) is 3.71. The zero-order chi connectivity index (χ0) is 43.9. The van der Waals surface area contributed by atoms with E-state index in [0.717, 1.165) is 17.1 Å². The minimum Gasteiger partial charge on any atom is -0.310 e. The van der Waals surface area contributed by atoms with Crippen molar-refractivity contribution in [2.45, 2.75) is 5.41 Å². The molecule has 310 valence electrons. The lowest BCUT2D eigenvalue weighted by molar-refractivity contribution is 0.768. The molecule has 0 heterocycles. The fourth-order valence-electron chi connectivity index (χ4n) is 10.5. The monoisotopic (exact) mass is 839 g/mol. The molecule has 1 nitrogen and oxygen atoms in total. The minimum absolute atomic E-state index is 0.493. The maximum Gasteiger partial charge on any atom is 0.0713 e. The van der Waals surface area contributed by atoms with Crippen LogP contribution in [0.3, 0.4) is 0 Å². The van der Waals surface area contributed by atoms with Crippen LogP contribution in [0.25, 0.3) is 66.4 Å². The van der Waals surface area contributed by atoms with Crippen molar-refractivity contribution in [3.8, 4) is 55.6 Å². The summed E-state index contributed by atoms with van der Waals surface area (Å²) in [7, 11) is 0. The second-order valence-electron chi connectivity index (χ2n) is 17.2. The van der Waals surface area contributed by atoms with Gasteiger partial charge in [0.15, 0.2) is 0 Å². The van der Waals surface area contributed by atoms with E-state index in [1.54, 1.807) is 0 Å². The molecule has 0 radical (unpaired) electrons. The molecule has 12 rings (SSSR count). The van der Waals surface area contributed by atoms with Gasteiger partial charge in [0.2, 0.25) is 0 Å². The fraction of sp³-hybridized carbons (Fsp3) is 0.0154. The van der Waals surface area contributed by atoms with Gasteiger partial charge in [0.25, 0.3) is 0 Å². The summed E-state index contributed by atoms with van der Waals surface area (Å²) >= 11 is 0. The van der Waals surface area contributed by atoms with Gasteiger partial charge in [-0.1, -0.05) is 237 Å². The summed E-state index contributed by atoms with van der Waals surface area (Å²) in [6.45, 7) is 0. The van der Waals surface area contributed by atoms with Crippen LogP contribution in [0.2, 0.25) is 0 Å². The highest BCUT2D eigenvalue weighted by Crippen LogP contribution is 2.59. The summed E-state index contributed by atoms with van der Waals surface area (Å²) in [6.07, 6.45) is 0. The Kier molecular flexibility index (Phi) is 9.81.